The standard InChI is InChI=1S/C13H26F3NO/c1-10(2)7-12(8-11(3)4)17-5-6-18-9-13(14,15)16/h10-12,17H,5-9H2,1-4H3. The number of alkyl halides is 3. The number of hydrogen-bond donors (Lipinski definition) is 1. The third kappa shape index (κ3) is 12.2. The van der Waals surface area contributed by atoms with Crippen LogP contribution in [0.5, 0.6) is 0 Å². The van der Waals surface area contributed by atoms with Gasteiger partial charge in [0.15, 0.2) is 0 Å². The first-order valence-electron chi connectivity index (χ1n) is 6.58. The SMILES string of the molecule is CC(C)CC(CC(C)C)NCCOCC(F)(F)F. The fourth-order valence-electron chi connectivity index (χ4n) is 1.92. The van der Waals surface area contributed by atoms with Crippen LogP contribution in [-0.2, 0) is 4.74 Å². The molecule has 0 aliphatic carbocycles. The third-order valence-corrected chi connectivity index (χ3v) is 2.46. The summed E-state index contributed by atoms with van der Waals surface area (Å²) < 4.78 is 40.1. The second-order valence-electron chi connectivity index (χ2n) is 5.58. The van der Waals surface area contributed by atoms with Gasteiger partial charge >= 0.3 is 6.18 Å². The molecule has 110 valence electrons. The van der Waals surface area contributed by atoms with Crippen molar-refractivity contribution in [2.24, 2.45) is 11.8 Å². The molecule has 0 rings (SSSR count). The first kappa shape index (κ1) is 17.7. The van der Waals surface area contributed by atoms with E-state index in [9.17, 15) is 13.2 Å². The number of nitrogens with one attached hydrogen (secondary N) is 1. The van der Waals surface area contributed by atoms with Crippen LogP contribution in [0.1, 0.15) is 40.5 Å². The van der Waals surface area contributed by atoms with Crippen molar-refractivity contribution in [3.63, 3.8) is 0 Å². The average molecular weight is 269 g/mol. The highest BCUT2D eigenvalue weighted by molar-refractivity contribution is 4.70. The number of halogens is 3. The second-order valence-corrected chi connectivity index (χ2v) is 5.58. The van der Waals surface area contributed by atoms with Crippen LogP contribution in [0, 0.1) is 11.8 Å². The van der Waals surface area contributed by atoms with E-state index in [0.717, 1.165) is 12.8 Å². The third-order valence-electron chi connectivity index (χ3n) is 2.46. The predicted octanol–water partition coefficient (Wildman–Crippen LogP) is 3.62. The Bertz CT molecular complexity index is 195. The predicted molar refractivity (Wildman–Crippen MR) is 67.6 cm³/mol. The first-order chi connectivity index (χ1) is 8.20. The Morgan fingerprint density at radius 3 is 1.89 bits per heavy atom. The minimum absolute atomic E-state index is 0.103. The van der Waals surface area contributed by atoms with Crippen LogP contribution in [0.15, 0.2) is 0 Å². The smallest absolute Gasteiger partial charge is 0.371 e. The molecule has 0 aromatic heterocycles. The van der Waals surface area contributed by atoms with Gasteiger partial charge in [-0.2, -0.15) is 13.2 Å². The average Bonchev–Trinajstić information content (AvgIpc) is 2.12. The van der Waals surface area contributed by atoms with Crippen LogP contribution >= 0.6 is 0 Å². The summed E-state index contributed by atoms with van der Waals surface area (Å²) in [6.45, 7) is 8.01. The molecule has 0 saturated heterocycles. The maximum atomic E-state index is 11.8. The molecule has 0 unspecified atom stereocenters. The van der Waals surface area contributed by atoms with E-state index in [-0.39, 0.29) is 6.61 Å². The van der Waals surface area contributed by atoms with Gasteiger partial charge in [0.05, 0.1) is 6.61 Å². The minimum atomic E-state index is -4.23. The molecule has 0 aromatic carbocycles. The van der Waals surface area contributed by atoms with Gasteiger partial charge in [-0.1, -0.05) is 27.7 Å². The molecule has 5 heteroatoms. The Labute approximate surface area is 108 Å². The fraction of sp³-hybridized carbons (Fsp3) is 1.00. The highest BCUT2D eigenvalue weighted by Crippen LogP contribution is 2.15. The Morgan fingerprint density at radius 2 is 1.50 bits per heavy atom. The zero-order valence-electron chi connectivity index (χ0n) is 11.8. The summed E-state index contributed by atoms with van der Waals surface area (Å²) >= 11 is 0. The number of ether oxygens (including phenoxy) is 1. The van der Waals surface area contributed by atoms with Crippen molar-refractivity contribution in [2.45, 2.75) is 52.8 Å². The molecule has 0 spiro atoms. The molecule has 0 fully saturated rings. The van der Waals surface area contributed by atoms with E-state index in [1.54, 1.807) is 0 Å². The van der Waals surface area contributed by atoms with Crippen molar-refractivity contribution < 1.29 is 17.9 Å². The Balaban J connectivity index is 3.75. The van der Waals surface area contributed by atoms with Crippen LogP contribution in [0.2, 0.25) is 0 Å². The largest absolute Gasteiger partial charge is 0.411 e. The lowest BCUT2D eigenvalue weighted by Gasteiger charge is -2.22. The van der Waals surface area contributed by atoms with Crippen LogP contribution in [0.25, 0.3) is 0 Å². The lowest BCUT2D eigenvalue weighted by Crippen LogP contribution is -2.34. The van der Waals surface area contributed by atoms with Gasteiger partial charge in [-0.15, -0.1) is 0 Å². The zero-order chi connectivity index (χ0) is 14.2. The molecule has 0 aliphatic rings. The lowest BCUT2D eigenvalue weighted by atomic mass is 9.96. The molecule has 0 heterocycles. The summed E-state index contributed by atoms with van der Waals surface area (Å²) in [6.07, 6.45) is -2.15. The molecule has 0 radical (unpaired) electrons. The van der Waals surface area contributed by atoms with Crippen molar-refractivity contribution in [1.82, 2.24) is 5.32 Å². The molecular formula is C13H26F3NO. The number of rotatable bonds is 9. The van der Waals surface area contributed by atoms with Crippen LogP contribution < -0.4 is 5.32 Å². The monoisotopic (exact) mass is 269 g/mol. The van der Waals surface area contributed by atoms with E-state index in [4.69, 9.17) is 0 Å². The minimum Gasteiger partial charge on any atom is -0.371 e. The van der Waals surface area contributed by atoms with Crippen molar-refractivity contribution in [3.8, 4) is 0 Å². The fourth-order valence-corrected chi connectivity index (χ4v) is 1.92. The second kappa shape index (κ2) is 8.75. The van der Waals surface area contributed by atoms with Gasteiger partial charge < -0.3 is 10.1 Å². The molecule has 2 nitrogen and oxygen atoms in total. The van der Waals surface area contributed by atoms with Crippen molar-refractivity contribution >= 4 is 0 Å². The van der Waals surface area contributed by atoms with Crippen molar-refractivity contribution in [1.29, 1.82) is 0 Å². The van der Waals surface area contributed by atoms with Crippen LogP contribution in [0.4, 0.5) is 13.2 Å². The normalized spacial score (nSPS) is 13.0. The van der Waals surface area contributed by atoms with E-state index >= 15 is 0 Å². The summed E-state index contributed by atoms with van der Waals surface area (Å²) in [6, 6.07) is 0.361. The molecule has 0 amide bonds. The van der Waals surface area contributed by atoms with Crippen LogP contribution in [-0.4, -0.2) is 32.0 Å². The van der Waals surface area contributed by atoms with Gasteiger partial charge in [-0.05, 0) is 24.7 Å². The highest BCUT2D eigenvalue weighted by Gasteiger charge is 2.27. The molecule has 0 bridgehead atoms. The molecule has 0 aromatic rings. The molecule has 18 heavy (non-hydrogen) atoms. The quantitative estimate of drug-likeness (QED) is 0.646. The summed E-state index contributed by atoms with van der Waals surface area (Å²) in [7, 11) is 0. The first-order valence-corrected chi connectivity index (χ1v) is 6.58. The van der Waals surface area contributed by atoms with Crippen molar-refractivity contribution in [3.05, 3.63) is 0 Å². The molecule has 0 atom stereocenters. The van der Waals surface area contributed by atoms with Gasteiger partial charge in [-0.3, -0.25) is 0 Å². The highest BCUT2D eigenvalue weighted by atomic mass is 19.4. The number of hydrogen-bond acceptors (Lipinski definition) is 2. The lowest BCUT2D eigenvalue weighted by molar-refractivity contribution is -0.173. The van der Waals surface area contributed by atoms with Gasteiger partial charge in [0.25, 0.3) is 0 Å². The Morgan fingerprint density at radius 1 is 1.00 bits per heavy atom. The zero-order valence-corrected chi connectivity index (χ0v) is 11.8. The van der Waals surface area contributed by atoms with Gasteiger partial charge in [0, 0.05) is 12.6 Å². The maximum Gasteiger partial charge on any atom is 0.411 e. The Kier molecular flexibility index (Phi) is 8.61. The van der Waals surface area contributed by atoms with Gasteiger partial charge in [-0.25, -0.2) is 0 Å². The maximum absolute atomic E-state index is 11.8. The summed E-state index contributed by atoms with van der Waals surface area (Å²) in [5.41, 5.74) is 0. The van der Waals surface area contributed by atoms with E-state index in [2.05, 4.69) is 37.7 Å². The summed E-state index contributed by atoms with van der Waals surface area (Å²) in [5, 5.41) is 3.28. The molecular weight excluding hydrogens is 243 g/mol. The molecule has 0 saturated carbocycles. The van der Waals surface area contributed by atoms with Crippen LogP contribution in [0.3, 0.4) is 0 Å². The summed E-state index contributed by atoms with van der Waals surface area (Å²) in [5.74, 6) is 1.16. The van der Waals surface area contributed by atoms with E-state index in [1.165, 1.54) is 0 Å². The van der Waals surface area contributed by atoms with Gasteiger partial charge in [0.2, 0.25) is 0 Å². The van der Waals surface area contributed by atoms with Gasteiger partial charge in [0.1, 0.15) is 6.61 Å². The molecule has 1 N–H and O–H groups in total. The van der Waals surface area contributed by atoms with E-state index in [1.807, 2.05) is 0 Å². The van der Waals surface area contributed by atoms with Crippen molar-refractivity contribution in [2.75, 3.05) is 19.8 Å². The van der Waals surface area contributed by atoms with E-state index < -0.39 is 12.8 Å². The summed E-state index contributed by atoms with van der Waals surface area (Å²) in [4.78, 5) is 0. The Hall–Kier alpha value is -0.290. The topological polar surface area (TPSA) is 21.3 Å². The molecule has 0 aliphatic heterocycles. The van der Waals surface area contributed by atoms with E-state index in [0.29, 0.717) is 24.4 Å².